The van der Waals surface area contributed by atoms with Crippen molar-refractivity contribution in [1.29, 1.82) is 0 Å². The monoisotopic (exact) mass is 296 g/mol. The van der Waals surface area contributed by atoms with Crippen molar-refractivity contribution >= 4 is 23.9 Å². The fourth-order valence-electron chi connectivity index (χ4n) is 1.84. The van der Waals surface area contributed by atoms with Gasteiger partial charge < -0.3 is 4.74 Å². The molecule has 0 aromatic heterocycles. The highest BCUT2D eigenvalue weighted by molar-refractivity contribution is 5.89. The van der Waals surface area contributed by atoms with E-state index in [9.17, 15) is 4.79 Å². The van der Waals surface area contributed by atoms with Gasteiger partial charge in [0.2, 0.25) is 0 Å². The molecule has 1 N–H and O–H groups in total. The van der Waals surface area contributed by atoms with E-state index in [1.807, 2.05) is 63.2 Å². The molecule has 3 heteroatoms. The van der Waals surface area contributed by atoms with E-state index < -0.39 is 11.7 Å². The minimum atomic E-state index is -0.567. The Labute approximate surface area is 133 Å². The summed E-state index contributed by atoms with van der Waals surface area (Å²) in [5, 5.41) is 2.71. The smallest absolute Gasteiger partial charge is 0.412 e. The van der Waals surface area contributed by atoms with Gasteiger partial charge in [-0.15, -0.1) is 0 Å². The maximum absolute atomic E-state index is 11.9. The summed E-state index contributed by atoms with van der Waals surface area (Å²) in [5.41, 5.74) is 1.56. The zero-order valence-corrected chi connectivity index (χ0v) is 13.1. The lowest BCUT2D eigenvalue weighted by Gasteiger charge is -2.20. The second kappa shape index (κ2) is 6.94. The van der Waals surface area contributed by atoms with Gasteiger partial charge >= 0.3 is 6.09 Å². The molecule has 2 rings (SSSR count). The van der Waals surface area contributed by atoms with Crippen LogP contribution in [0.3, 0.4) is 0 Å². The summed E-state index contributed by atoms with van der Waals surface area (Å²) in [6.45, 7) is 5.43. The van der Waals surface area contributed by atoms with Gasteiger partial charge in [-0.25, -0.2) is 4.79 Å². The lowest BCUT2D eigenvalue weighted by atomic mass is 10.1. The molecule has 0 radical (unpaired) electrons. The van der Waals surface area contributed by atoms with Gasteiger partial charge in [0.25, 0.3) is 0 Å². The Morgan fingerprint density at radius 3 is 2.41 bits per heavy atom. The number of para-hydroxylation sites is 1. The first-order valence-electron chi connectivity index (χ1n) is 7.68. The predicted molar refractivity (Wildman–Crippen MR) is 91.7 cm³/mol. The summed E-state index contributed by atoms with van der Waals surface area (Å²) in [5.74, 6) is 0. The van der Waals surface area contributed by atoms with Gasteiger partial charge in [-0.2, -0.15) is 0 Å². The van der Waals surface area contributed by atoms with Crippen LogP contribution in [0, 0.1) is 0 Å². The Bertz CT molecular complexity index is 703. The fourth-order valence-corrected chi connectivity index (χ4v) is 1.84. The molecule has 22 heavy (non-hydrogen) atoms. The van der Waals surface area contributed by atoms with Gasteiger partial charge in [0.05, 0.1) is 7.06 Å². The molecule has 0 fully saturated rings. The number of nitrogens with one attached hydrogen (secondary N) is 1. The van der Waals surface area contributed by atoms with Crippen molar-refractivity contribution in [3.8, 4) is 0 Å². The number of hydrogen-bond donors (Lipinski definition) is 1. The predicted octanol–water partition coefficient (Wildman–Crippen LogP) is 5.20. The second-order valence-electron chi connectivity index (χ2n) is 5.87. The molecule has 0 saturated carbocycles. The molecule has 0 unspecified atom stereocenters. The van der Waals surface area contributed by atoms with Crippen LogP contribution in [-0.2, 0) is 4.74 Å². The van der Waals surface area contributed by atoms with Gasteiger partial charge in [-0.1, -0.05) is 60.7 Å². The molecule has 2 aromatic rings. The first-order valence-corrected chi connectivity index (χ1v) is 7.18. The molecule has 0 aliphatic carbocycles. The van der Waals surface area contributed by atoms with Crippen LogP contribution in [0.1, 0.15) is 33.3 Å². The van der Waals surface area contributed by atoms with Crippen LogP contribution in [0.15, 0.2) is 54.6 Å². The number of rotatable bonds is 3. The van der Waals surface area contributed by atoms with E-state index in [1.165, 1.54) is 0 Å². The number of benzene rings is 2. The summed E-state index contributed by atoms with van der Waals surface area (Å²) < 4.78 is 13.5. The maximum Gasteiger partial charge on any atom is 0.412 e. The number of hydrogen-bond acceptors (Lipinski definition) is 2. The van der Waals surface area contributed by atoms with Crippen LogP contribution >= 0.6 is 0 Å². The summed E-state index contributed by atoms with van der Waals surface area (Å²) in [7, 11) is 0. The van der Waals surface area contributed by atoms with Crippen molar-refractivity contribution in [2.24, 2.45) is 0 Å². The van der Waals surface area contributed by atoms with Crippen molar-refractivity contribution in [2.45, 2.75) is 26.4 Å². The molecule has 0 saturated heterocycles. The highest BCUT2D eigenvalue weighted by Crippen LogP contribution is 2.19. The normalized spacial score (nSPS) is 12.5. The average molecular weight is 296 g/mol. The molecular formula is C19H21NO2. The Morgan fingerprint density at radius 1 is 1.09 bits per heavy atom. The van der Waals surface area contributed by atoms with E-state index in [1.54, 1.807) is 18.2 Å². The fraction of sp³-hybridized carbons (Fsp3) is 0.211. The minimum Gasteiger partial charge on any atom is -0.444 e. The first-order chi connectivity index (χ1) is 10.8. The van der Waals surface area contributed by atoms with Crippen LogP contribution < -0.4 is 5.32 Å². The number of amides is 1. The van der Waals surface area contributed by atoms with E-state index in [0.29, 0.717) is 17.3 Å². The zero-order chi connectivity index (χ0) is 16.9. The standard InChI is InChI=1S/C19H21NO2/c1-19(2,3)22-18(21)20-17-12-8-7-11-16(17)14-13-15-9-5-4-6-10-15/h4-14H,1-3H3,(H,20,21)/b14-13+/i14D. The van der Waals surface area contributed by atoms with E-state index in [-0.39, 0.29) is 0 Å². The highest BCUT2D eigenvalue weighted by Gasteiger charge is 2.16. The lowest BCUT2D eigenvalue weighted by molar-refractivity contribution is 0.0636. The average Bonchev–Trinajstić information content (AvgIpc) is 2.46. The largest absolute Gasteiger partial charge is 0.444 e. The van der Waals surface area contributed by atoms with Crippen molar-refractivity contribution in [1.82, 2.24) is 0 Å². The van der Waals surface area contributed by atoms with Crippen molar-refractivity contribution in [3.63, 3.8) is 0 Å². The van der Waals surface area contributed by atoms with Crippen LogP contribution in [0.25, 0.3) is 12.1 Å². The molecule has 1 amide bonds. The molecule has 2 aromatic carbocycles. The van der Waals surface area contributed by atoms with Crippen molar-refractivity contribution in [3.05, 3.63) is 65.7 Å². The van der Waals surface area contributed by atoms with E-state index in [2.05, 4.69) is 5.32 Å². The highest BCUT2D eigenvalue weighted by atomic mass is 16.6. The third-order valence-corrected chi connectivity index (χ3v) is 2.76. The Hall–Kier alpha value is -2.55. The van der Waals surface area contributed by atoms with E-state index in [0.717, 1.165) is 5.56 Å². The van der Waals surface area contributed by atoms with Gasteiger partial charge in [0.15, 0.2) is 0 Å². The molecule has 3 nitrogen and oxygen atoms in total. The Balaban J connectivity index is 2.24. The second-order valence-corrected chi connectivity index (χ2v) is 5.87. The number of carbonyl (C=O) groups is 1. The quantitative estimate of drug-likeness (QED) is 0.790. The van der Waals surface area contributed by atoms with Crippen LogP contribution in [0.4, 0.5) is 10.5 Å². The molecular weight excluding hydrogens is 274 g/mol. The number of carbonyl (C=O) groups excluding carboxylic acids is 1. The minimum absolute atomic E-state index is 0.322. The summed E-state index contributed by atoms with van der Waals surface area (Å²) in [6.07, 6.45) is 1.23. The van der Waals surface area contributed by atoms with Gasteiger partial charge in [0, 0.05) is 0 Å². The first kappa shape index (κ1) is 14.4. The number of anilines is 1. The third kappa shape index (κ3) is 5.09. The van der Waals surface area contributed by atoms with Crippen LogP contribution in [-0.4, -0.2) is 11.7 Å². The SMILES string of the molecule is [2H]/C(=C\c1ccccc1)c1ccccc1NC(=O)OC(C)(C)C. The third-order valence-electron chi connectivity index (χ3n) is 2.76. The van der Waals surface area contributed by atoms with Gasteiger partial charge in [-0.05, 0) is 38.0 Å². The lowest BCUT2D eigenvalue weighted by Crippen LogP contribution is -2.27. The van der Waals surface area contributed by atoms with Crippen LogP contribution in [0.2, 0.25) is 0 Å². The van der Waals surface area contributed by atoms with Crippen LogP contribution in [0.5, 0.6) is 0 Å². The van der Waals surface area contributed by atoms with Gasteiger partial charge in [-0.3, -0.25) is 5.32 Å². The van der Waals surface area contributed by atoms with Gasteiger partial charge in [0.1, 0.15) is 5.60 Å². The molecule has 0 bridgehead atoms. The molecule has 0 aliphatic heterocycles. The molecule has 0 atom stereocenters. The summed E-state index contributed by atoms with van der Waals surface area (Å²) >= 11 is 0. The number of ether oxygens (including phenoxy) is 1. The van der Waals surface area contributed by atoms with E-state index in [4.69, 9.17) is 6.11 Å². The van der Waals surface area contributed by atoms with Crippen molar-refractivity contribution < 1.29 is 10.9 Å². The molecule has 0 spiro atoms. The molecule has 0 aliphatic rings. The summed E-state index contributed by atoms with van der Waals surface area (Å²) in [4.78, 5) is 11.9. The molecule has 0 heterocycles. The molecule has 114 valence electrons. The topological polar surface area (TPSA) is 38.3 Å². The van der Waals surface area contributed by atoms with Crippen molar-refractivity contribution in [2.75, 3.05) is 5.32 Å². The zero-order valence-electron chi connectivity index (χ0n) is 14.1. The maximum atomic E-state index is 11.9. The van der Waals surface area contributed by atoms with E-state index >= 15 is 0 Å². The summed E-state index contributed by atoms with van der Waals surface area (Å²) in [6, 6.07) is 17.2. The Morgan fingerprint density at radius 2 is 1.73 bits per heavy atom. The Kier molecular flexibility index (Phi) is 4.54.